The van der Waals surface area contributed by atoms with Gasteiger partial charge in [0.25, 0.3) is 0 Å². The van der Waals surface area contributed by atoms with E-state index in [2.05, 4.69) is 5.16 Å². The Kier molecular flexibility index (Phi) is 2.82. The molecule has 0 N–H and O–H groups in total. The van der Waals surface area contributed by atoms with Crippen molar-refractivity contribution in [3.63, 3.8) is 0 Å². The van der Waals surface area contributed by atoms with Crippen molar-refractivity contribution in [2.24, 2.45) is 11.1 Å². The second-order valence-electron chi connectivity index (χ2n) is 4.33. The number of fused-ring (bicyclic) bond motifs is 1. The summed E-state index contributed by atoms with van der Waals surface area (Å²) >= 11 is 0. The topological polar surface area (TPSA) is 40.0 Å². The van der Waals surface area contributed by atoms with Crippen molar-refractivity contribution < 1.29 is 14.3 Å². The van der Waals surface area contributed by atoms with Crippen molar-refractivity contribution >= 4 is 5.71 Å². The molecule has 1 saturated heterocycles. The van der Waals surface area contributed by atoms with Crippen LogP contribution in [-0.4, -0.2) is 31.3 Å². The molecule has 0 unspecified atom stereocenters. The lowest BCUT2D eigenvalue weighted by Gasteiger charge is -2.13. The van der Waals surface area contributed by atoms with Gasteiger partial charge in [-0.15, -0.1) is 0 Å². The van der Waals surface area contributed by atoms with Crippen LogP contribution in [0.5, 0.6) is 0 Å². The summed E-state index contributed by atoms with van der Waals surface area (Å²) in [5, 5.41) is 4.17. The molecule has 0 amide bonds. The summed E-state index contributed by atoms with van der Waals surface area (Å²) in [6, 6.07) is 10.1. The molecule has 0 aromatic heterocycles. The Morgan fingerprint density at radius 1 is 1.12 bits per heavy atom. The fourth-order valence-corrected chi connectivity index (χ4v) is 2.17. The highest BCUT2D eigenvalue weighted by Gasteiger charge is 2.37. The van der Waals surface area contributed by atoms with Crippen molar-refractivity contribution in [3.8, 4) is 0 Å². The summed E-state index contributed by atoms with van der Waals surface area (Å²) in [6.07, 6.45) is -0.184. The van der Waals surface area contributed by atoms with E-state index in [9.17, 15) is 0 Å². The molecule has 2 aliphatic heterocycles. The van der Waals surface area contributed by atoms with Crippen LogP contribution in [0.2, 0.25) is 0 Å². The van der Waals surface area contributed by atoms with E-state index in [1.54, 1.807) is 0 Å². The molecule has 1 aromatic carbocycles. The SMILES string of the molecule is C[C@@H]1OC[C@@H]2ON=C(c3ccccc3)[C@@H]2CO1. The number of nitrogens with zero attached hydrogens (tertiary/aromatic N) is 1. The molecule has 4 heteroatoms. The number of hydrogen-bond donors (Lipinski definition) is 0. The predicted octanol–water partition coefficient (Wildman–Crippen LogP) is 1.80. The minimum absolute atomic E-state index is 0.0184. The van der Waals surface area contributed by atoms with Crippen LogP contribution in [0.15, 0.2) is 35.5 Å². The van der Waals surface area contributed by atoms with Gasteiger partial charge in [-0.05, 0) is 12.5 Å². The molecule has 0 bridgehead atoms. The van der Waals surface area contributed by atoms with Gasteiger partial charge in [0.2, 0.25) is 0 Å². The molecule has 90 valence electrons. The van der Waals surface area contributed by atoms with Crippen molar-refractivity contribution in [2.45, 2.75) is 19.3 Å². The third kappa shape index (κ3) is 2.06. The first-order valence-corrected chi connectivity index (χ1v) is 5.87. The first-order chi connectivity index (χ1) is 8.34. The van der Waals surface area contributed by atoms with Gasteiger partial charge in [0.1, 0.15) is 0 Å². The Bertz CT molecular complexity index is 418. The summed E-state index contributed by atoms with van der Waals surface area (Å²) in [5.41, 5.74) is 2.06. The Morgan fingerprint density at radius 3 is 2.71 bits per heavy atom. The molecule has 1 fully saturated rings. The highest BCUT2D eigenvalue weighted by atomic mass is 16.7. The molecule has 0 spiro atoms. The molecule has 2 heterocycles. The Labute approximate surface area is 100 Å². The molecule has 17 heavy (non-hydrogen) atoms. The lowest BCUT2D eigenvalue weighted by Crippen LogP contribution is -2.29. The first-order valence-electron chi connectivity index (χ1n) is 5.87. The quantitative estimate of drug-likeness (QED) is 0.742. The second kappa shape index (κ2) is 4.47. The van der Waals surface area contributed by atoms with Gasteiger partial charge in [0.15, 0.2) is 12.4 Å². The van der Waals surface area contributed by atoms with E-state index in [4.69, 9.17) is 14.3 Å². The van der Waals surface area contributed by atoms with Crippen LogP contribution in [0.25, 0.3) is 0 Å². The van der Waals surface area contributed by atoms with E-state index in [1.165, 1.54) is 0 Å². The van der Waals surface area contributed by atoms with Gasteiger partial charge >= 0.3 is 0 Å². The standard InChI is InChI=1S/C13H15NO3/c1-9-15-7-11-12(8-16-9)17-14-13(11)10-5-3-2-4-6-10/h2-6,9,11-12H,7-8H2,1H3/t9-,11+,12-/m0/s1. The van der Waals surface area contributed by atoms with Crippen LogP contribution in [0, 0.1) is 5.92 Å². The number of hydrogen-bond acceptors (Lipinski definition) is 4. The molecule has 3 rings (SSSR count). The van der Waals surface area contributed by atoms with E-state index >= 15 is 0 Å². The summed E-state index contributed by atoms with van der Waals surface area (Å²) in [4.78, 5) is 5.44. The van der Waals surface area contributed by atoms with Gasteiger partial charge in [-0.2, -0.15) is 0 Å². The van der Waals surface area contributed by atoms with E-state index < -0.39 is 0 Å². The van der Waals surface area contributed by atoms with Crippen molar-refractivity contribution in [1.29, 1.82) is 0 Å². The van der Waals surface area contributed by atoms with Crippen LogP contribution in [0.1, 0.15) is 12.5 Å². The van der Waals surface area contributed by atoms with Crippen molar-refractivity contribution in [1.82, 2.24) is 0 Å². The van der Waals surface area contributed by atoms with E-state index in [0.717, 1.165) is 11.3 Å². The number of benzene rings is 1. The van der Waals surface area contributed by atoms with Crippen molar-refractivity contribution in [3.05, 3.63) is 35.9 Å². The van der Waals surface area contributed by atoms with Gasteiger partial charge in [-0.3, -0.25) is 0 Å². The maximum atomic E-state index is 5.59. The lowest BCUT2D eigenvalue weighted by molar-refractivity contribution is -0.123. The molecule has 1 aromatic rings. The Morgan fingerprint density at radius 2 is 1.88 bits per heavy atom. The van der Waals surface area contributed by atoms with Gasteiger partial charge < -0.3 is 14.3 Å². The van der Waals surface area contributed by atoms with Crippen LogP contribution in [0.4, 0.5) is 0 Å². The van der Waals surface area contributed by atoms with Gasteiger partial charge in [0, 0.05) is 0 Å². The Hall–Kier alpha value is -1.39. The number of ether oxygens (including phenoxy) is 2. The minimum atomic E-state index is -0.166. The normalized spacial score (nSPS) is 32.3. The average Bonchev–Trinajstić information content (AvgIpc) is 2.69. The molecule has 0 saturated carbocycles. The van der Waals surface area contributed by atoms with E-state index in [1.807, 2.05) is 37.3 Å². The fourth-order valence-electron chi connectivity index (χ4n) is 2.17. The summed E-state index contributed by atoms with van der Waals surface area (Å²) < 4.78 is 11.1. The zero-order valence-electron chi connectivity index (χ0n) is 9.70. The monoisotopic (exact) mass is 233 g/mol. The summed E-state index contributed by atoms with van der Waals surface area (Å²) in [7, 11) is 0. The summed E-state index contributed by atoms with van der Waals surface area (Å²) in [5.74, 6) is 0.169. The van der Waals surface area contributed by atoms with Crippen LogP contribution in [0.3, 0.4) is 0 Å². The van der Waals surface area contributed by atoms with Crippen LogP contribution < -0.4 is 0 Å². The minimum Gasteiger partial charge on any atom is -0.389 e. The maximum Gasteiger partial charge on any atom is 0.161 e. The highest BCUT2D eigenvalue weighted by Crippen LogP contribution is 2.26. The summed E-state index contributed by atoms with van der Waals surface area (Å²) in [6.45, 7) is 3.03. The van der Waals surface area contributed by atoms with Crippen molar-refractivity contribution in [2.75, 3.05) is 13.2 Å². The molecule has 0 radical (unpaired) electrons. The van der Waals surface area contributed by atoms with E-state index in [-0.39, 0.29) is 18.3 Å². The number of oxime groups is 1. The predicted molar refractivity (Wildman–Crippen MR) is 62.7 cm³/mol. The van der Waals surface area contributed by atoms with Crippen LogP contribution in [-0.2, 0) is 14.3 Å². The zero-order chi connectivity index (χ0) is 11.7. The smallest absolute Gasteiger partial charge is 0.161 e. The van der Waals surface area contributed by atoms with Gasteiger partial charge in [-0.25, -0.2) is 0 Å². The molecular formula is C13H15NO3. The van der Waals surface area contributed by atoms with Gasteiger partial charge in [-0.1, -0.05) is 35.5 Å². The molecule has 4 nitrogen and oxygen atoms in total. The third-order valence-electron chi connectivity index (χ3n) is 3.16. The highest BCUT2D eigenvalue weighted by molar-refractivity contribution is 6.03. The first kappa shape index (κ1) is 10.7. The van der Waals surface area contributed by atoms with Crippen LogP contribution >= 0.6 is 0 Å². The average molecular weight is 233 g/mol. The lowest BCUT2D eigenvalue weighted by atomic mass is 9.93. The molecule has 2 aliphatic rings. The molecule has 0 aliphatic carbocycles. The maximum absolute atomic E-state index is 5.59. The largest absolute Gasteiger partial charge is 0.389 e. The third-order valence-corrected chi connectivity index (χ3v) is 3.16. The molecular weight excluding hydrogens is 218 g/mol. The zero-order valence-corrected chi connectivity index (χ0v) is 9.70. The fraction of sp³-hybridized carbons (Fsp3) is 0.462. The van der Waals surface area contributed by atoms with E-state index in [0.29, 0.717) is 13.2 Å². The Balaban J connectivity index is 1.83. The number of rotatable bonds is 1. The molecule has 3 atom stereocenters. The van der Waals surface area contributed by atoms with Gasteiger partial charge in [0.05, 0.1) is 24.8 Å². The second-order valence-corrected chi connectivity index (χ2v) is 4.33.